The highest BCUT2D eigenvalue weighted by molar-refractivity contribution is 5.98. The molecule has 0 unspecified atom stereocenters. The number of para-hydroxylation sites is 1. The summed E-state index contributed by atoms with van der Waals surface area (Å²) in [5, 5.41) is 15.7. The minimum Gasteiger partial charge on any atom is -0.390 e. The molecule has 0 fully saturated rings. The Morgan fingerprint density at radius 1 is 1.00 bits per heavy atom. The number of fused-ring (bicyclic) bond motifs is 2. The molecule has 3 aromatic carbocycles. The zero-order chi connectivity index (χ0) is 26.6. The van der Waals surface area contributed by atoms with Crippen molar-refractivity contribution >= 4 is 16.6 Å². The number of hydrogen-bond donors (Lipinski definition) is 3. The highest BCUT2D eigenvalue weighted by Gasteiger charge is 2.40. The Labute approximate surface area is 214 Å². The second-order valence-corrected chi connectivity index (χ2v) is 10.5. The fourth-order valence-corrected chi connectivity index (χ4v) is 5.41. The van der Waals surface area contributed by atoms with E-state index in [0.29, 0.717) is 5.56 Å². The first-order valence-electron chi connectivity index (χ1n) is 12.3. The topological polar surface area (TPSA) is 48.0 Å². The van der Waals surface area contributed by atoms with Gasteiger partial charge in [-0.3, -0.25) is 0 Å². The van der Waals surface area contributed by atoms with Crippen LogP contribution in [0.2, 0.25) is 0 Å². The molecule has 6 heteroatoms. The maximum atomic E-state index is 14.6. The lowest BCUT2D eigenvalue weighted by Gasteiger charge is -2.43. The third kappa shape index (κ3) is 4.18. The standard InChI is InChI=1S/C31H29F3N2O/c1-16-13-24(23-8-6-7-21-17(2)15-35-28(21)23)22(26-18(3)29(37)31(4,5)36-27(16)26)11-9-19-14-20(30(33)34)10-12-25(19)32/h6-8,10,12-15,18,29-30,35-37H,1-5H3/t18-,29+/m0/s1. The second-order valence-electron chi connectivity index (χ2n) is 10.5. The average molecular weight is 503 g/mol. The van der Waals surface area contributed by atoms with E-state index in [-0.39, 0.29) is 17.0 Å². The van der Waals surface area contributed by atoms with Gasteiger partial charge in [0.15, 0.2) is 0 Å². The lowest BCUT2D eigenvalue weighted by atomic mass is 9.75. The fourth-order valence-electron chi connectivity index (χ4n) is 5.41. The summed E-state index contributed by atoms with van der Waals surface area (Å²) in [6.07, 6.45) is -1.48. The number of H-pyrrole nitrogens is 1. The van der Waals surface area contributed by atoms with Gasteiger partial charge in [0.2, 0.25) is 0 Å². The van der Waals surface area contributed by atoms with E-state index in [4.69, 9.17) is 0 Å². The van der Waals surface area contributed by atoms with Gasteiger partial charge in [0.25, 0.3) is 6.43 Å². The number of halogens is 3. The van der Waals surface area contributed by atoms with Crippen LogP contribution in [-0.4, -0.2) is 21.7 Å². The van der Waals surface area contributed by atoms with Crippen molar-refractivity contribution in [3.05, 3.63) is 87.9 Å². The number of benzene rings is 3. The number of aliphatic hydroxyl groups excluding tert-OH is 1. The minimum absolute atomic E-state index is 0.0932. The van der Waals surface area contributed by atoms with Gasteiger partial charge in [-0.15, -0.1) is 0 Å². The highest BCUT2D eigenvalue weighted by atomic mass is 19.3. The smallest absolute Gasteiger partial charge is 0.263 e. The van der Waals surface area contributed by atoms with Crippen LogP contribution < -0.4 is 5.32 Å². The molecule has 1 aliphatic rings. The number of nitrogens with one attached hydrogen (secondary N) is 2. The maximum Gasteiger partial charge on any atom is 0.263 e. The quantitative estimate of drug-likeness (QED) is 0.247. The predicted molar refractivity (Wildman–Crippen MR) is 143 cm³/mol. The van der Waals surface area contributed by atoms with E-state index in [9.17, 15) is 18.3 Å². The zero-order valence-corrected chi connectivity index (χ0v) is 21.4. The van der Waals surface area contributed by atoms with Gasteiger partial charge in [0, 0.05) is 45.4 Å². The van der Waals surface area contributed by atoms with Crippen LogP contribution >= 0.6 is 0 Å². The molecule has 0 saturated carbocycles. The van der Waals surface area contributed by atoms with Crippen LogP contribution in [0.15, 0.2) is 48.7 Å². The van der Waals surface area contributed by atoms with E-state index in [1.807, 2.05) is 65.1 Å². The lowest BCUT2D eigenvalue weighted by molar-refractivity contribution is 0.0868. The van der Waals surface area contributed by atoms with Gasteiger partial charge in [-0.2, -0.15) is 0 Å². The third-order valence-electron chi connectivity index (χ3n) is 7.46. The molecule has 190 valence electrons. The Balaban J connectivity index is 1.82. The van der Waals surface area contributed by atoms with Gasteiger partial charge < -0.3 is 15.4 Å². The number of aliphatic hydroxyl groups is 1. The predicted octanol–water partition coefficient (Wildman–Crippen LogP) is 7.60. The average Bonchev–Trinajstić information content (AvgIpc) is 3.24. The first-order valence-corrected chi connectivity index (χ1v) is 12.3. The van der Waals surface area contributed by atoms with Gasteiger partial charge in [0.1, 0.15) is 5.82 Å². The van der Waals surface area contributed by atoms with Gasteiger partial charge >= 0.3 is 0 Å². The molecule has 3 N–H and O–H groups in total. The molecule has 0 amide bonds. The van der Waals surface area contributed by atoms with Crippen LogP contribution in [0.1, 0.15) is 66.5 Å². The molecule has 1 aliphatic heterocycles. The van der Waals surface area contributed by atoms with Crippen molar-refractivity contribution in [2.45, 2.75) is 58.6 Å². The molecule has 1 aromatic heterocycles. The minimum atomic E-state index is -2.72. The molecular weight excluding hydrogens is 473 g/mol. The maximum absolute atomic E-state index is 14.6. The van der Waals surface area contributed by atoms with E-state index in [1.54, 1.807) is 0 Å². The van der Waals surface area contributed by atoms with Crippen LogP contribution in [0.3, 0.4) is 0 Å². The highest BCUT2D eigenvalue weighted by Crippen LogP contribution is 2.46. The molecule has 0 saturated heterocycles. The van der Waals surface area contributed by atoms with Gasteiger partial charge in [-0.25, -0.2) is 13.2 Å². The van der Waals surface area contributed by atoms with Crippen molar-refractivity contribution < 1.29 is 18.3 Å². The third-order valence-corrected chi connectivity index (χ3v) is 7.46. The van der Waals surface area contributed by atoms with Crippen LogP contribution in [-0.2, 0) is 0 Å². The van der Waals surface area contributed by atoms with Crippen molar-refractivity contribution in [1.29, 1.82) is 0 Å². The molecule has 0 bridgehead atoms. The fraction of sp³-hybridized carbons (Fsp3) is 0.290. The number of anilines is 1. The summed E-state index contributed by atoms with van der Waals surface area (Å²) in [4.78, 5) is 3.36. The van der Waals surface area contributed by atoms with Crippen molar-refractivity contribution in [1.82, 2.24) is 4.98 Å². The van der Waals surface area contributed by atoms with E-state index in [0.717, 1.165) is 62.6 Å². The summed E-state index contributed by atoms with van der Waals surface area (Å²) < 4.78 is 41.2. The number of aromatic amines is 1. The molecule has 0 radical (unpaired) electrons. The molecule has 2 atom stereocenters. The van der Waals surface area contributed by atoms with Crippen molar-refractivity contribution in [3.8, 4) is 23.0 Å². The number of rotatable bonds is 2. The first kappa shape index (κ1) is 25.0. The molecule has 0 spiro atoms. The summed E-state index contributed by atoms with van der Waals surface area (Å²) >= 11 is 0. The van der Waals surface area contributed by atoms with Crippen LogP contribution in [0.5, 0.6) is 0 Å². The number of aromatic nitrogens is 1. The SMILES string of the molecule is Cc1cc(-c2cccc3c(C)c[nH]c23)c(C#Cc2cc(C(F)F)ccc2F)c2c1NC(C)(C)[C@H](O)[C@H]2C. The summed E-state index contributed by atoms with van der Waals surface area (Å²) in [6, 6.07) is 11.3. The normalized spacial score (nSPS) is 18.3. The monoisotopic (exact) mass is 502 g/mol. The van der Waals surface area contributed by atoms with Crippen LogP contribution in [0.4, 0.5) is 18.9 Å². The number of hydrogen-bond acceptors (Lipinski definition) is 2. The first-order chi connectivity index (χ1) is 17.5. The number of aryl methyl sites for hydroxylation is 2. The molecule has 5 rings (SSSR count). The van der Waals surface area contributed by atoms with E-state index < -0.39 is 23.9 Å². The molecular formula is C31H29F3N2O. The molecule has 0 aliphatic carbocycles. The zero-order valence-electron chi connectivity index (χ0n) is 21.4. The molecule has 3 nitrogen and oxygen atoms in total. The van der Waals surface area contributed by atoms with E-state index in [2.05, 4.69) is 22.1 Å². The Morgan fingerprint density at radius 3 is 2.49 bits per heavy atom. The Hall–Kier alpha value is -3.69. The van der Waals surface area contributed by atoms with Crippen LogP contribution in [0, 0.1) is 31.5 Å². The Bertz CT molecular complexity index is 1590. The van der Waals surface area contributed by atoms with Crippen molar-refractivity contribution in [2.75, 3.05) is 5.32 Å². The largest absolute Gasteiger partial charge is 0.390 e. The molecule has 2 heterocycles. The van der Waals surface area contributed by atoms with Gasteiger partial charge in [-0.05, 0) is 62.6 Å². The van der Waals surface area contributed by atoms with Gasteiger partial charge in [0.05, 0.1) is 22.7 Å². The van der Waals surface area contributed by atoms with Crippen molar-refractivity contribution in [2.24, 2.45) is 0 Å². The van der Waals surface area contributed by atoms with E-state index >= 15 is 0 Å². The lowest BCUT2D eigenvalue weighted by Crippen LogP contribution is -2.50. The number of alkyl halides is 2. The van der Waals surface area contributed by atoms with E-state index in [1.165, 1.54) is 0 Å². The van der Waals surface area contributed by atoms with Gasteiger partial charge in [-0.1, -0.05) is 43.0 Å². The van der Waals surface area contributed by atoms with Crippen LogP contribution in [0.25, 0.3) is 22.0 Å². The second kappa shape index (κ2) is 9.00. The summed E-state index contributed by atoms with van der Waals surface area (Å²) in [5.41, 5.74) is 6.22. The molecule has 4 aromatic rings. The molecule has 37 heavy (non-hydrogen) atoms. The summed E-state index contributed by atoms with van der Waals surface area (Å²) in [7, 11) is 0. The summed E-state index contributed by atoms with van der Waals surface area (Å²) in [6.45, 7) is 9.90. The summed E-state index contributed by atoms with van der Waals surface area (Å²) in [5.74, 6) is 5.04. The van der Waals surface area contributed by atoms with Crippen molar-refractivity contribution in [3.63, 3.8) is 0 Å². The Morgan fingerprint density at radius 2 is 1.76 bits per heavy atom. The Kier molecular flexibility index (Phi) is 6.08.